The SMILES string of the molecule is O=C(NNS(=O)(=O)c1ccccc1[N+](=O)[O-])C(O)(c1ccccc1)c1ccccc1. The monoisotopic (exact) mass is 427 g/mol. The molecular formula is C20H17N3O6S. The van der Waals surface area contributed by atoms with Crippen LogP contribution in [0.25, 0.3) is 0 Å². The molecule has 30 heavy (non-hydrogen) atoms. The number of aliphatic hydroxyl groups is 1. The summed E-state index contributed by atoms with van der Waals surface area (Å²) < 4.78 is 25.1. The molecule has 3 rings (SSSR count). The highest BCUT2D eigenvalue weighted by Crippen LogP contribution is 2.30. The quantitative estimate of drug-likeness (QED) is 0.388. The summed E-state index contributed by atoms with van der Waals surface area (Å²) in [6.07, 6.45) is 0. The number of para-hydroxylation sites is 1. The van der Waals surface area contributed by atoms with Crippen molar-refractivity contribution in [3.63, 3.8) is 0 Å². The first-order valence-electron chi connectivity index (χ1n) is 8.66. The molecule has 0 atom stereocenters. The van der Waals surface area contributed by atoms with E-state index in [1.165, 1.54) is 36.4 Å². The summed E-state index contributed by atoms with van der Waals surface area (Å²) in [7, 11) is -4.49. The van der Waals surface area contributed by atoms with Crippen LogP contribution in [-0.2, 0) is 20.4 Å². The number of benzene rings is 3. The average molecular weight is 427 g/mol. The van der Waals surface area contributed by atoms with Gasteiger partial charge in [0, 0.05) is 6.07 Å². The molecule has 3 N–H and O–H groups in total. The van der Waals surface area contributed by atoms with Crippen molar-refractivity contribution in [1.82, 2.24) is 10.3 Å². The Bertz CT molecular complexity index is 1130. The van der Waals surface area contributed by atoms with Crippen molar-refractivity contribution in [2.75, 3.05) is 0 Å². The Morgan fingerprint density at radius 2 is 1.33 bits per heavy atom. The minimum atomic E-state index is -4.49. The molecule has 0 unspecified atom stereocenters. The standard InChI is InChI=1S/C20H17N3O6S/c24-19(21-22-30(28,29)18-14-8-7-13-17(18)23(26)27)20(25,15-9-3-1-4-10-15)16-11-5-2-6-12-16/h1-14,22,25H,(H,21,24). The van der Waals surface area contributed by atoms with Crippen LogP contribution in [0, 0.1) is 10.1 Å². The lowest BCUT2D eigenvalue weighted by Gasteiger charge is -2.28. The fourth-order valence-corrected chi connectivity index (χ4v) is 3.89. The van der Waals surface area contributed by atoms with Crippen molar-refractivity contribution in [2.24, 2.45) is 0 Å². The van der Waals surface area contributed by atoms with Gasteiger partial charge in [-0.15, -0.1) is 4.83 Å². The average Bonchev–Trinajstić information content (AvgIpc) is 2.78. The fourth-order valence-electron chi connectivity index (χ4n) is 2.88. The number of amides is 1. The van der Waals surface area contributed by atoms with Gasteiger partial charge in [0.25, 0.3) is 21.6 Å². The highest BCUT2D eigenvalue weighted by Gasteiger charge is 2.40. The Hall–Kier alpha value is -3.60. The number of nitro groups is 1. The summed E-state index contributed by atoms with van der Waals surface area (Å²) in [5.41, 5.74) is -0.477. The molecule has 9 nitrogen and oxygen atoms in total. The zero-order valence-electron chi connectivity index (χ0n) is 15.4. The molecule has 1 amide bonds. The van der Waals surface area contributed by atoms with Crippen LogP contribution in [0.5, 0.6) is 0 Å². The van der Waals surface area contributed by atoms with Gasteiger partial charge in [0.05, 0.1) is 4.92 Å². The molecule has 0 bridgehead atoms. The third kappa shape index (κ3) is 4.06. The zero-order chi connectivity index (χ0) is 21.8. The van der Waals surface area contributed by atoms with Crippen molar-refractivity contribution in [1.29, 1.82) is 0 Å². The van der Waals surface area contributed by atoms with Crippen LogP contribution < -0.4 is 10.3 Å². The van der Waals surface area contributed by atoms with E-state index in [-0.39, 0.29) is 11.1 Å². The van der Waals surface area contributed by atoms with Gasteiger partial charge >= 0.3 is 0 Å². The fraction of sp³-hybridized carbons (Fsp3) is 0.0500. The van der Waals surface area contributed by atoms with E-state index in [1.54, 1.807) is 36.4 Å². The van der Waals surface area contributed by atoms with E-state index < -0.39 is 37.0 Å². The number of nitrogens with one attached hydrogen (secondary N) is 2. The first kappa shape index (κ1) is 21.1. The second-order valence-corrected chi connectivity index (χ2v) is 7.88. The maximum Gasteiger partial charge on any atom is 0.289 e. The minimum absolute atomic E-state index is 0.207. The maximum absolute atomic E-state index is 12.9. The smallest absolute Gasteiger partial charge is 0.289 e. The molecule has 3 aromatic rings. The first-order chi connectivity index (χ1) is 14.3. The van der Waals surface area contributed by atoms with E-state index in [9.17, 15) is 28.4 Å². The van der Waals surface area contributed by atoms with Gasteiger partial charge in [-0.2, -0.15) is 0 Å². The molecule has 0 saturated heterocycles. The van der Waals surface area contributed by atoms with E-state index in [2.05, 4.69) is 0 Å². The molecule has 154 valence electrons. The lowest BCUT2D eigenvalue weighted by atomic mass is 9.86. The van der Waals surface area contributed by atoms with E-state index in [4.69, 9.17) is 0 Å². The molecule has 0 aliphatic rings. The largest absolute Gasteiger partial charge is 0.372 e. The molecule has 0 aromatic heterocycles. The minimum Gasteiger partial charge on any atom is -0.372 e. The number of carbonyl (C=O) groups is 1. The molecule has 0 radical (unpaired) electrons. The van der Waals surface area contributed by atoms with Crippen LogP contribution in [0.15, 0.2) is 89.8 Å². The van der Waals surface area contributed by atoms with Crippen molar-refractivity contribution in [3.05, 3.63) is 106 Å². The van der Waals surface area contributed by atoms with Crippen LogP contribution in [-0.4, -0.2) is 24.4 Å². The third-order valence-corrected chi connectivity index (χ3v) is 5.66. The molecule has 3 aromatic carbocycles. The van der Waals surface area contributed by atoms with Gasteiger partial charge < -0.3 is 5.11 Å². The van der Waals surface area contributed by atoms with Crippen molar-refractivity contribution in [2.45, 2.75) is 10.5 Å². The van der Waals surface area contributed by atoms with Crippen molar-refractivity contribution < 1.29 is 23.2 Å². The second kappa shape index (κ2) is 8.41. The Labute approximate surface area is 172 Å². The number of rotatable bonds is 7. The lowest BCUT2D eigenvalue weighted by Crippen LogP contribution is -2.52. The Kier molecular flexibility index (Phi) is 5.92. The highest BCUT2D eigenvalue weighted by atomic mass is 32.2. The predicted octanol–water partition coefficient (Wildman–Crippen LogP) is 1.84. The van der Waals surface area contributed by atoms with Crippen molar-refractivity contribution in [3.8, 4) is 0 Å². The third-order valence-electron chi connectivity index (χ3n) is 4.36. The van der Waals surface area contributed by atoms with Crippen LogP contribution in [0.1, 0.15) is 11.1 Å². The lowest BCUT2D eigenvalue weighted by molar-refractivity contribution is -0.387. The highest BCUT2D eigenvalue weighted by molar-refractivity contribution is 7.89. The maximum atomic E-state index is 12.9. The number of hydrogen-bond donors (Lipinski definition) is 3. The van der Waals surface area contributed by atoms with Gasteiger partial charge in [0.2, 0.25) is 0 Å². The van der Waals surface area contributed by atoms with Crippen LogP contribution in [0.2, 0.25) is 0 Å². The number of sulfonamides is 1. The molecule has 10 heteroatoms. The van der Waals surface area contributed by atoms with Gasteiger partial charge in [0.15, 0.2) is 10.5 Å². The number of hydrazine groups is 1. The van der Waals surface area contributed by atoms with E-state index in [0.29, 0.717) is 0 Å². The zero-order valence-corrected chi connectivity index (χ0v) is 16.2. The van der Waals surface area contributed by atoms with E-state index in [0.717, 1.165) is 12.1 Å². The van der Waals surface area contributed by atoms with E-state index in [1.807, 2.05) is 10.3 Å². The second-order valence-electron chi connectivity index (χ2n) is 6.23. The van der Waals surface area contributed by atoms with Crippen LogP contribution in [0.3, 0.4) is 0 Å². The predicted molar refractivity (Wildman–Crippen MR) is 107 cm³/mol. The summed E-state index contributed by atoms with van der Waals surface area (Å²) in [6, 6.07) is 20.6. The summed E-state index contributed by atoms with van der Waals surface area (Å²) >= 11 is 0. The van der Waals surface area contributed by atoms with Gasteiger partial charge in [0.1, 0.15) is 0 Å². The van der Waals surface area contributed by atoms with Gasteiger partial charge in [-0.1, -0.05) is 72.8 Å². The molecule has 0 fully saturated rings. The molecule has 0 aliphatic heterocycles. The summed E-state index contributed by atoms with van der Waals surface area (Å²) in [4.78, 5) is 24.4. The number of nitrogens with zero attached hydrogens (tertiary/aromatic N) is 1. The normalized spacial score (nSPS) is 11.6. The first-order valence-corrected chi connectivity index (χ1v) is 10.1. The Morgan fingerprint density at radius 3 is 1.83 bits per heavy atom. The molecule has 0 heterocycles. The molecule has 0 aliphatic carbocycles. The topological polar surface area (TPSA) is 139 Å². The number of carbonyl (C=O) groups excluding carboxylic acids is 1. The Balaban J connectivity index is 1.94. The van der Waals surface area contributed by atoms with Gasteiger partial charge in [-0.05, 0) is 17.2 Å². The Morgan fingerprint density at radius 1 is 0.867 bits per heavy atom. The molecule has 0 spiro atoms. The molecular weight excluding hydrogens is 410 g/mol. The summed E-state index contributed by atoms with van der Waals surface area (Å²) in [6.45, 7) is 0. The van der Waals surface area contributed by atoms with Crippen LogP contribution >= 0.6 is 0 Å². The van der Waals surface area contributed by atoms with Gasteiger partial charge in [-0.25, -0.2) is 8.42 Å². The molecule has 0 saturated carbocycles. The van der Waals surface area contributed by atoms with Crippen LogP contribution in [0.4, 0.5) is 5.69 Å². The van der Waals surface area contributed by atoms with E-state index >= 15 is 0 Å². The summed E-state index contributed by atoms with van der Waals surface area (Å²) in [5, 5.41) is 22.4. The van der Waals surface area contributed by atoms with Crippen molar-refractivity contribution >= 4 is 21.6 Å². The van der Waals surface area contributed by atoms with Gasteiger partial charge in [-0.3, -0.25) is 20.3 Å². The number of nitro benzene ring substituents is 1. The summed E-state index contributed by atoms with van der Waals surface area (Å²) in [5.74, 6) is -1.08. The number of hydrogen-bond acceptors (Lipinski definition) is 6.